The molecule has 9 heteroatoms. The first-order chi connectivity index (χ1) is 8.02. The van der Waals surface area contributed by atoms with E-state index in [-0.39, 0.29) is 0 Å². The van der Waals surface area contributed by atoms with E-state index < -0.39 is 17.2 Å². The molecule has 17 heavy (non-hydrogen) atoms. The SMILES string of the molecule is CCNc1nnc(S[C@@H](C)C(=O)NC(N)=O)s1. The number of primary amides is 1. The first-order valence-electron chi connectivity index (χ1n) is 4.87. The average Bonchev–Trinajstić information content (AvgIpc) is 2.65. The van der Waals surface area contributed by atoms with Crippen LogP contribution in [0.2, 0.25) is 0 Å². The third-order valence-corrected chi connectivity index (χ3v) is 3.69. The standard InChI is InChI=1S/C8H13N5O2S2/c1-3-10-7-12-13-8(17-7)16-4(2)5(14)11-6(9)15/h4H,3H2,1-2H3,(H,10,12)(H3,9,11,14,15)/t4-/m0/s1. The molecule has 1 aromatic heterocycles. The van der Waals surface area contributed by atoms with Gasteiger partial charge < -0.3 is 11.1 Å². The van der Waals surface area contributed by atoms with Crippen LogP contribution < -0.4 is 16.4 Å². The normalized spacial score (nSPS) is 11.9. The zero-order valence-electron chi connectivity index (χ0n) is 9.39. The van der Waals surface area contributed by atoms with Gasteiger partial charge in [0.25, 0.3) is 0 Å². The molecule has 0 aliphatic rings. The second-order valence-corrected chi connectivity index (χ2v) is 5.58. The average molecular weight is 275 g/mol. The maximum atomic E-state index is 11.4. The van der Waals surface area contributed by atoms with Crippen molar-refractivity contribution in [3.05, 3.63) is 0 Å². The van der Waals surface area contributed by atoms with Gasteiger partial charge in [-0.1, -0.05) is 23.1 Å². The van der Waals surface area contributed by atoms with E-state index in [1.54, 1.807) is 6.92 Å². The quantitative estimate of drug-likeness (QED) is 0.680. The first kappa shape index (κ1) is 13.7. The van der Waals surface area contributed by atoms with Gasteiger partial charge in [0.15, 0.2) is 4.34 Å². The second-order valence-electron chi connectivity index (χ2n) is 3.02. The van der Waals surface area contributed by atoms with E-state index in [0.29, 0.717) is 9.47 Å². The molecule has 0 unspecified atom stereocenters. The predicted octanol–water partition coefficient (Wildman–Crippen LogP) is 0.645. The minimum Gasteiger partial charge on any atom is -0.360 e. The molecule has 0 spiro atoms. The maximum Gasteiger partial charge on any atom is 0.318 e. The number of hydrogen-bond acceptors (Lipinski definition) is 7. The Morgan fingerprint density at radius 3 is 2.82 bits per heavy atom. The zero-order chi connectivity index (χ0) is 12.8. The van der Waals surface area contributed by atoms with E-state index >= 15 is 0 Å². The van der Waals surface area contributed by atoms with Gasteiger partial charge >= 0.3 is 6.03 Å². The molecule has 1 rings (SSSR count). The van der Waals surface area contributed by atoms with Crippen molar-refractivity contribution < 1.29 is 9.59 Å². The summed E-state index contributed by atoms with van der Waals surface area (Å²) in [6, 6.07) is -0.854. The summed E-state index contributed by atoms with van der Waals surface area (Å²) in [6.45, 7) is 4.38. The van der Waals surface area contributed by atoms with Crippen molar-refractivity contribution in [3.8, 4) is 0 Å². The topological polar surface area (TPSA) is 110 Å². The summed E-state index contributed by atoms with van der Waals surface area (Å²) in [5.74, 6) is -0.442. The van der Waals surface area contributed by atoms with Crippen molar-refractivity contribution in [1.82, 2.24) is 15.5 Å². The molecule has 1 atom stereocenters. The summed E-state index contributed by atoms with van der Waals surface area (Å²) in [6.07, 6.45) is 0. The fourth-order valence-corrected chi connectivity index (χ4v) is 2.87. The molecule has 0 aromatic carbocycles. The number of rotatable bonds is 5. The van der Waals surface area contributed by atoms with Gasteiger partial charge in [-0.25, -0.2) is 4.79 Å². The van der Waals surface area contributed by atoms with E-state index in [1.165, 1.54) is 23.1 Å². The van der Waals surface area contributed by atoms with Crippen LogP contribution in [0.1, 0.15) is 13.8 Å². The highest BCUT2D eigenvalue weighted by Gasteiger charge is 2.18. The van der Waals surface area contributed by atoms with Crippen molar-refractivity contribution in [2.24, 2.45) is 5.73 Å². The molecule has 94 valence electrons. The number of aromatic nitrogens is 2. The van der Waals surface area contributed by atoms with Crippen LogP contribution in [0, 0.1) is 0 Å². The van der Waals surface area contributed by atoms with Crippen LogP contribution in [0.25, 0.3) is 0 Å². The molecule has 0 aliphatic carbocycles. The summed E-state index contributed by atoms with van der Waals surface area (Å²) in [5.41, 5.74) is 4.85. The summed E-state index contributed by atoms with van der Waals surface area (Å²) >= 11 is 2.58. The van der Waals surface area contributed by atoms with Crippen molar-refractivity contribution in [2.75, 3.05) is 11.9 Å². The van der Waals surface area contributed by atoms with Gasteiger partial charge in [-0.15, -0.1) is 10.2 Å². The highest BCUT2D eigenvalue weighted by atomic mass is 32.2. The number of carbonyl (C=O) groups is 2. The number of carbonyl (C=O) groups excluding carboxylic acids is 2. The molecule has 7 nitrogen and oxygen atoms in total. The minimum absolute atomic E-state index is 0.442. The molecular weight excluding hydrogens is 262 g/mol. The van der Waals surface area contributed by atoms with E-state index in [2.05, 4.69) is 15.5 Å². The molecule has 0 saturated heterocycles. The lowest BCUT2D eigenvalue weighted by Crippen LogP contribution is -2.39. The number of nitrogens with zero attached hydrogens (tertiary/aromatic N) is 2. The third kappa shape index (κ3) is 4.57. The molecule has 3 amide bonds. The molecule has 0 fully saturated rings. The smallest absolute Gasteiger partial charge is 0.318 e. The Labute approximate surface area is 107 Å². The van der Waals surface area contributed by atoms with E-state index in [0.717, 1.165) is 6.54 Å². The number of nitrogens with one attached hydrogen (secondary N) is 2. The van der Waals surface area contributed by atoms with Crippen LogP contribution in [0.5, 0.6) is 0 Å². The Hall–Kier alpha value is -1.35. The lowest BCUT2D eigenvalue weighted by molar-refractivity contribution is -0.119. The lowest BCUT2D eigenvalue weighted by atomic mass is 10.4. The lowest BCUT2D eigenvalue weighted by Gasteiger charge is -2.06. The molecular formula is C8H13N5O2S2. The molecule has 0 radical (unpaired) electrons. The van der Waals surface area contributed by atoms with Gasteiger partial charge in [0, 0.05) is 6.54 Å². The number of anilines is 1. The monoisotopic (exact) mass is 275 g/mol. The summed E-state index contributed by atoms with van der Waals surface area (Å²) in [4.78, 5) is 21.9. The van der Waals surface area contributed by atoms with E-state index in [4.69, 9.17) is 5.73 Å². The zero-order valence-corrected chi connectivity index (χ0v) is 11.0. The van der Waals surface area contributed by atoms with Crippen LogP contribution >= 0.6 is 23.1 Å². The van der Waals surface area contributed by atoms with Crippen molar-refractivity contribution >= 4 is 40.2 Å². The maximum absolute atomic E-state index is 11.4. The van der Waals surface area contributed by atoms with Crippen molar-refractivity contribution in [1.29, 1.82) is 0 Å². The fraction of sp³-hybridized carbons (Fsp3) is 0.500. The van der Waals surface area contributed by atoms with Gasteiger partial charge in [0.05, 0.1) is 5.25 Å². The number of amides is 3. The third-order valence-electron chi connectivity index (χ3n) is 1.63. The Kier molecular flexibility index (Phi) is 5.16. The van der Waals surface area contributed by atoms with E-state index in [9.17, 15) is 9.59 Å². The molecule has 0 saturated carbocycles. The van der Waals surface area contributed by atoms with Crippen LogP contribution in [0.3, 0.4) is 0 Å². The number of imide groups is 1. The highest BCUT2D eigenvalue weighted by Crippen LogP contribution is 2.28. The van der Waals surface area contributed by atoms with Crippen LogP contribution in [0.15, 0.2) is 4.34 Å². The second kappa shape index (κ2) is 6.40. The number of hydrogen-bond donors (Lipinski definition) is 3. The van der Waals surface area contributed by atoms with Crippen molar-refractivity contribution in [2.45, 2.75) is 23.4 Å². The number of urea groups is 1. The van der Waals surface area contributed by atoms with Gasteiger partial charge in [-0.05, 0) is 13.8 Å². The predicted molar refractivity (Wildman–Crippen MR) is 67.1 cm³/mol. The van der Waals surface area contributed by atoms with Gasteiger partial charge in [0.1, 0.15) is 0 Å². The molecule has 0 bridgehead atoms. The summed E-state index contributed by atoms with van der Waals surface area (Å²) in [5, 5.41) is 13.1. The molecule has 4 N–H and O–H groups in total. The number of nitrogens with two attached hydrogens (primary N) is 1. The summed E-state index contributed by atoms with van der Waals surface area (Å²) in [7, 11) is 0. The first-order valence-corrected chi connectivity index (χ1v) is 6.57. The van der Waals surface area contributed by atoms with Crippen LogP contribution in [-0.2, 0) is 4.79 Å². The van der Waals surface area contributed by atoms with Crippen molar-refractivity contribution in [3.63, 3.8) is 0 Å². The van der Waals surface area contributed by atoms with Gasteiger partial charge in [-0.3, -0.25) is 10.1 Å². The molecule has 0 aliphatic heterocycles. The largest absolute Gasteiger partial charge is 0.360 e. The van der Waals surface area contributed by atoms with Crippen LogP contribution in [-0.4, -0.2) is 33.9 Å². The minimum atomic E-state index is -0.854. The van der Waals surface area contributed by atoms with E-state index in [1.807, 2.05) is 12.2 Å². The van der Waals surface area contributed by atoms with Gasteiger partial charge in [0.2, 0.25) is 11.0 Å². The van der Waals surface area contributed by atoms with Crippen LogP contribution in [0.4, 0.5) is 9.93 Å². The highest BCUT2D eigenvalue weighted by molar-refractivity contribution is 8.02. The van der Waals surface area contributed by atoms with Gasteiger partial charge in [-0.2, -0.15) is 0 Å². The Bertz CT molecular complexity index is 408. The number of thioether (sulfide) groups is 1. The fourth-order valence-electron chi connectivity index (χ4n) is 0.908. The Balaban J connectivity index is 2.52. The molecule has 1 heterocycles. The summed E-state index contributed by atoms with van der Waals surface area (Å²) < 4.78 is 0.660. The Morgan fingerprint density at radius 1 is 1.53 bits per heavy atom. The Morgan fingerprint density at radius 2 is 2.24 bits per heavy atom. The molecule has 1 aromatic rings.